The molecule has 2 N–H and O–H groups in total. The van der Waals surface area contributed by atoms with Crippen molar-refractivity contribution in [3.05, 3.63) is 29.5 Å². The van der Waals surface area contributed by atoms with Crippen molar-refractivity contribution < 1.29 is 4.79 Å². The topological polar surface area (TPSA) is 92.7 Å². The van der Waals surface area contributed by atoms with Crippen LogP contribution in [0, 0.1) is 0 Å². The van der Waals surface area contributed by atoms with E-state index in [1.807, 2.05) is 0 Å². The largest absolute Gasteiger partial charge is 0.354 e. The zero-order chi connectivity index (χ0) is 12.6. The van der Waals surface area contributed by atoms with Gasteiger partial charge in [0.25, 0.3) is 5.91 Å². The molecule has 8 heteroatoms. The van der Waals surface area contributed by atoms with E-state index in [0.717, 1.165) is 18.0 Å². The Kier molecular flexibility index (Phi) is 4.53. The summed E-state index contributed by atoms with van der Waals surface area (Å²) in [5.74, 6) is 0.455. The number of aromatic nitrogens is 4. The molecule has 0 saturated carbocycles. The van der Waals surface area contributed by atoms with E-state index in [4.69, 9.17) is 0 Å². The molecular formula is C10H12N6OS. The van der Waals surface area contributed by atoms with E-state index >= 15 is 0 Å². The molecule has 2 heterocycles. The molecule has 0 aromatic carbocycles. The van der Waals surface area contributed by atoms with Gasteiger partial charge in [0.2, 0.25) is 5.95 Å². The highest BCUT2D eigenvalue weighted by Crippen LogP contribution is 2.00. The van der Waals surface area contributed by atoms with Gasteiger partial charge in [0.15, 0.2) is 0 Å². The summed E-state index contributed by atoms with van der Waals surface area (Å²) in [6.07, 6.45) is 5.59. The first-order valence-corrected chi connectivity index (χ1v) is 6.20. The van der Waals surface area contributed by atoms with Gasteiger partial charge in [-0.3, -0.25) is 4.79 Å². The van der Waals surface area contributed by atoms with Gasteiger partial charge in [-0.1, -0.05) is 4.49 Å². The Labute approximate surface area is 108 Å². The van der Waals surface area contributed by atoms with Crippen molar-refractivity contribution in [2.75, 3.05) is 18.4 Å². The third-order valence-corrected chi connectivity index (χ3v) is 2.74. The van der Waals surface area contributed by atoms with Crippen LogP contribution in [0.25, 0.3) is 0 Å². The summed E-state index contributed by atoms with van der Waals surface area (Å²) in [7, 11) is 0. The van der Waals surface area contributed by atoms with Crippen molar-refractivity contribution in [3.63, 3.8) is 0 Å². The normalized spacial score (nSPS) is 10.0. The Morgan fingerprint density at radius 1 is 1.28 bits per heavy atom. The minimum atomic E-state index is -0.138. The van der Waals surface area contributed by atoms with Gasteiger partial charge in [-0.05, 0) is 24.0 Å². The fourth-order valence-corrected chi connectivity index (χ4v) is 1.67. The molecule has 0 unspecified atom stereocenters. The van der Waals surface area contributed by atoms with E-state index in [1.54, 1.807) is 18.5 Å². The summed E-state index contributed by atoms with van der Waals surface area (Å²) in [4.78, 5) is 20.1. The number of carbonyl (C=O) groups is 1. The van der Waals surface area contributed by atoms with Gasteiger partial charge in [0.05, 0.1) is 6.20 Å². The molecule has 1 amide bonds. The molecule has 7 nitrogen and oxygen atoms in total. The number of amides is 1. The highest BCUT2D eigenvalue weighted by Gasteiger charge is 2.06. The number of hydrogen-bond acceptors (Lipinski definition) is 7. The van der Waals surface area contributed by atoms with E-state index < -0.39 is 0 Å². The second kappa shape index (κ2) is 6.60. The summed E-state index contributed by atoms with van der Waals surface area (Å²) in [6, 6.07) is 1.76. The Morgan fingerprint density at radius 2 is 2.11 bits per heavy atom. The number of carbonyl (C=O) groups excluding carboxylic acids is 1. The summed E-state index contributed by atoms with van der Waals surface area (Å²) in [5, 5.41) is 9.45. The van der Waals surface area contributed by atoms with Crippen LogP contribution in [0.2, 0.25) is 0 Å². The third kappa shape index (κ3) is 3.74. The zero-order valence-electron chi connectivity index (χ0n) is 9.54. The molecule has 0 spiro atoms. The average Bonchev–Trinajstić information content (AvgIpc) is 2.93. The highest BCUT2D eigenvalue weighted by molar-refractivity contribution is 7.07. The molecule has 0 atom stereocenters. The van der Waals surface area contributed by atoms with Crippen LogP contribution < -0.4 is 10.6 Å². The quantitative estimate of drug-likeness (QED) is 0.741. The van der Waals surface area contributed by atoms with Crippen LogP contribution in [0.5, 0.6) is 0 Å². The lowest BCUT2D eigenvalue weighted by molar-refractivity contribution is 0.0957. The second-order valence-corrected chi connectivity index (χ2v) is 4.18. The molecule has 94 valence electrons. The predicted molar refractivity (Wildman–Crippen MR) is 67.4 cm³/mol. The number of rotatable bonds is 6. The van der Waals surface area contributed by atoms with E-state index in [0.29, 0.717) is 23.9 Å². The van der Waals surface area contributed by atoms with Crippen LogP contribution in [-0.4, -0.2) is 38.6 Å². The van der Waals surface area contributed by atoms with Crippen molar-refractivity contribution in [3.8, 4) is 0 Å². The summed E-state index contributed by atoms with van der Waals surface area (Å²) in [6.45, 7) is 1.28. The molecule has 2 rings (SSSR count). The van der Waals surface area contributed by atoms with E-state index in [1.165, 1.54) is 6.20 Å². The second-order valence-electron chi connectivity index (χ2n) is 3.39. The lowest BCUT2D eigenvalue weighted by Gasteiger charge is -2.04. The van der Waals surface area contributed by atoms with Crippen molar-refractivity contribution in [2.45, 2.75) is 6.42 Å². The van der Waals surface area contributed by atoms with Crippen molar-refractivity contribution >= 4 is 23.4 Å². The lowest BCUT2D eigenvalue weighted by Crippen LogP contribution is -2.25. The molecule has 0 aliphatic carbocycles. The van der Waals surface area contributed by atoms with Crippen molar-refractivity contribution in [1.82, 2.24) is 24.9 Å². The summed E-state index contributed by atoms with van der Waals surface area (Å²) in [5.41, 5.74) is 0. The predicted octanol–water partition coefficient (Wildman–Crippen LogP) is 0.560. The molecule has 0 radical (unpaired) electrons. The van der Waals surface area contributed by atoms with Crippen LogP contribution in [0.4, 0.5) is 5.95 Å². The van der Waals surface area contributed by atoms with Crippen molar-refractivity contribution in [2.24, 2.45) is 0 Å². The van der Waals surface area contributed by atoms with E-state index in [2.05, 4.69) is 30.2 Å². The maximum atomic E-state index is 11.5. The van der Waals surface area contributed by atoms with Crippen LogP contribution in [0.1, 0.15) is 16.1 Å². The Bertz CT molecular complexity index is 474. The Hall–Kier alpha value is -2.09. The first kappa shape index (κ1) is 12.4. The maximum Gasteiger partial charge on any atom is 0.264 e. The molecule has 0 aliphatic rings. The van der Waals surface area contributed by atoms with Gasteiger partial charge in [0, 0.05) is 25.5 Å². The van der Waals surface area contributed by atoms with Gasteiger partial charge in [-0.2, -0.15) is 0 Å². The highest BCUT2D eigenvalue weighted by atomic mass is 32.1. The fourth-order valence-electron chi connectivity index (χ4n) is 1.24. The van der Waals surface area contributed by atoms with Crippen LogP contribution in [0.15, 0.2) is 24.7 Å². The lowest BCUT2D eigenvalue weighted by atomic mass is 10.4. The van der Waals surface area contributed by atoms with Crippen molar-refractivity contribution in [1.29, 1.82) is 0 Å². The first-order chi connectivity index (χ1) is 8.86. The number of hydrogen-bond donors (Lipinski definition) is 2. The SMILES string of the molecule is O=C(NCCCNc1ncccn1)c1cnns1. The minimum absolute atomic E-state index is 0.138. The summed E-state index contributed by atoms with van der Waals surface area (Å²) >= 11 is 1.08. The number of nitrogens with zero attached hydrogens (tertiary/aromatic N) is 4. The van der Waals surface area contributed by atoms with Gasteiger partial charge in [0.1, 0.15) is 4.88 Å². The number of nitrogens with one attached hydrogen (secondary N) is 2. The standard InChI is InChI=1S/C10H12N6OS/c17-9(8-7-15-16-18-8)11-3-1-4-12-10-13-5-2-6-14-10/h2,5-7H,1,3-4H2,(H,11,17)(H,12,13,14). The fraction of sp³-hybridized carbons (Fsp3) is 0.300. The van der Waals surface area contributed by atoms with Crippen LogP contribution in [-0.2, 0) is 0 Å². The maximum absolute atomic E-state index is 11.5. The molecule has 18 heavy (non-hydrogen) atoms. The first-order valence-electron chi connectivity index (χ1n) is 5.43. The minimum Gasteiger partial charge on any atom is -0.354 e. The van der Waals surface area contributed by atoms with Gasteiger partial charge < -0.3 is 10.6 Å². The zero-order valence-corrected chi connectivity index (χ0v) is 10.4. The summed E-state index contributed by atoms with van der Waals surface area (Å²) < 4.78 is 3.63. The third-order valence-electron chi connectivity index (χ3n) is 2.07. The Morgan fingerprint density at radius 3 is 2.83 bits per heavy atom. The van der Waals surface area contributed by atoms with E-state index in [9.17, 15) is 4.79 Å². The van der Waals surface area contributed by atoms with Gasteiger partial charge in [-0.15, -0.1) is 5.10 Å². The van der Waals surface area contributed by atoms with Crippen LogP contribution in [0.3, 0.4) is 0 Å². The number of anilines is 1. The van der Waals surface area contributed by atoms with Gasteiger partial charge >= 0.3 is 0 Å². The van der Waals surface area contributed by atoms with Crippen LogP contribution >= 0.6 is 11.5 Å². The monoisotopic (exact) mass is 264 g/mol. The Balaban J connectivity index is 1.61. The van der Waals surface area contributed by atoms with Gasteiger partial charge in [-0.25, -0.2) is 9.97 Å². The molecule has 0 bridgehead atoms. The smallest absolute Gasteiger partial charge is 0.264 e. The molecule has 0 saturated heterocycles. The molecule has 0 aliphatic heterocycles. The average molecular weight is 264 g/mol. The molecule has 2 aromatic rings. The van der Waals surface area contributed by atoms with E-state index in [-0.39, 0.29) is 5.91 Å². The molecule has 2 aromatic heterocycles. The molecule has 0 fully saturated rings. The molecular weight excluding hydrogens is 252 g/mol.